The molecule has 156 valence electrons. The summed E-state index contributed by atoms with van der Waals surface area (Å²) in [5.41, 5.74) is 1.39. The second-order valence-corrected chi connectivity index (χ2v) is 10.6. The van der Waals surface area contributed by atoms with Gasteiger partial charge in [-0.25, -0.2) is 21.6 Å². The lowest BCUT2D eigenvalue weighted by atomic mass is 9.84. The Hall–Kier alpha value is -2.39. The van der Waals surface area contributed by atoms with E-state index in [1.54, 1.807) is 12.1 Å². The maximum absolute atomic E-state index is 12.6. The Bertz CT molecular complexity index is 1070. The SMILES string of the molecule is CC(=O)NS(=O)(=O)c1ccc(NS(=O)(=O)c2ccc(C3CCCCC3)cc2)cc1. The number of sulfonamides is 2. The fourth-order valence-corrected chi connectivity index (χ4v) is 5.57. The van der Waals surface area contributed by atoms with Gasteiger partial charge in [0.15, 0.2) is 0 Å². The standard InChI is InChI=1S/C20H24N2O5S2/c1-15(23)21-28(24,25)20-13-9-18(10-14-20)22-29(26,27)19-11-7-17(8-12-19)16-5-3-2-4-6-16/h7-14,16,22H,2-6H2,1H3,(H,21,23). The average Bonchev–Trinajstić information content (AvgIpc) is 2.68. The van der Waals surface area contributed by atoms with Crippen LogP contribution >= 0.6 is 0 Å². The zero-order valence-corrected chi connectivity index (χ0v) is 17.7. The summed E-state index contributed by atoms with van der Waals surface area (Å²) in [4.78, 5) is 11.0. The molecule has 1 aliphatic rings. The highest BCUT2D eigenvalue weighted by atomic mass is 32.2. The maximum atomic E-state index is 12.6. The normalized spacial score (nSPS) is 15.6. The molecule has 29 heavy (non-hydrogen) atoms. The zero-order valence-electron chi connectivity index (χ0n) is 16.1. The molecule has 1 saturated carbocycles. The molecule has 2 aromatic rings. The first-order chi connectivity index (χ1) is 13.7. The summed E-state index contributed by atoms with van der Waals surface area (Å²) in [6, 6.07) is 12.1. The molecular formula is C20H24N2O5S2. The third-order valence-corrected chi connectivity index (χ3v) is 7.81. The number of carbonyl (C=O) groups is 1. The van der Waals surface area contributed by atoms with Crippen molar-refractivity contribution in [3.05, 3.63) is 54.1 Å². The maximum Gasteiger partial charge on any atom is 0.264 e. The van der Waals surface area contributed by atoms with Gasteiger partial charge in [0.2, 0.25) is 5.91 Å². The number of nitrogens with one attached hydrogen (secondary N) is 2. The highest BCUT2D eigenvalue weighted by molar-refractivity contribution is 7.92. The van der Waals surface area contributed by atoms with E-state index in [1.807, 2.05) is 16.9 Å². The van der Waals surface area contributed by atoms with Crippen LogP contribution in [0.15, 0.2) is 58.3 Å². The third kappa shape index (κ3) is 5.36. The van der Waals surface area contributed by atoms with Crippen molar-refractivity contribution in [3.63, 3.8) is 0 Å². The molecule has 0 spiro atoms. The Morgan fingerprint density at radius 1 is 0.793 bits per heavy atom. The van der Waals surface area contributed by atoms with Gasteiger partial charge in [-0.05, 0) is 60.7 Å². The van der Waals surface area contributed by atoms with E-state index in [0.29, 0.717) is 5.92 Å². The second-order valence-electron chi connectivity index (χ2n) is 7.20. The monoisotopic (exact) mass is 436 g/mol. The molecule has 0 saturated heterocycles. The summed E-state index contributed by atoms with van der Waals surface area (Å²) in [7, 11) is -7.76. The van der Waals surface area contributed by atoms with Crippen LogP contribution in [0.2, 0.25) is 0 Å². The Morgan fingerprint density at radius 3 is 1.86 bits per heavy atom. The van der Waals surface area contributed by atoms with E-state index < -0.39 is 26.0 Å². The fraction of sp³-hybridized carbons (Fsp3) is 0.350. The summed E-state index contributed by atoms with van der Waals surface area (Å²) in [5, 5.41) is 0. The van der Waals surface area contributed by atoms with Crippen molar-refractivity contribution in [1.29, 1.82) is 0 Å². The molecule has 1 fully saturated rings. The van der Waals surface area contributed by atoms with Gasteiger partial charge in [0.05, 0.1) is 9.79 Å². The first kappa shape index (κ1) is 21.3. The lowest BCUT2D eigenvalue weighted by molar-refractivity contribution is -0.117. The van der Waals surface area contributed by atoms with Crippen molar-refractivity contribution < 1.29 is 21.6 Å². The molecule has 0 bridgehead atoms. The molecule has 3 rings (SSSR count). The average molecular weight is 437 g/mol. The van der Waals surface area contributed by atoms with Crippen molar-refractivity contribution in [1.82, 2.24) is 4.72 Å². The highest BCUT2D eigenvalue weighted by Crippen LogP contribution is 2.33. The van der Waals surface area contributed by atoms with E-state index in [4.69, 9.17) is 0 Å². The molecule has 0 unspecified atom stereocenters. The second kappa shape index (κ2) is 8.54. The van der Waals surface area contributed by atoms with Gasteiger partial charge in [0.1, 0.15) is 0 Å². The van der Waals surface area contributed by atoms with Gasteiger partial charge < -0.3 is 0 Å². The van der Waals surface area contributed by atoms with Gasteiger partial charge in [-0.15, -0.1) is 0 Å². The van der Waals surface area contributed by atoms with Crippen LogP contribution in [0.1, 0.15) is 50.5 Å². The van der Waals surface area contributed by atoms with Crippen LogP contribution in [0.25, 0.3) is 0 Å². The zero-order chi connectivity index (χ0) is 21.1. The first-order valence-corrected chi connectivity index (χ1v) is 12.4. The van der Waals surface area contributed by atoms with Crippen molar-refractivity contribution >= 4 is 31.6 Å². The van der Waals surface area contributed by atoms with Crippen LogP contribution in [0.5, 0.6) is 0 Å². The van der Waals surface area contributed by atoms with Crippen molar-refractivity contribution in [2.75, 3.05) is 4.72 Å². The Balaban J connectivity index is 1.73. The van der Waals surface area contributed by atoms with E-state index in [9.17, 15) is 21.6 Å². The largest absolute Gasteiger partial charge is 0.280 e. The van der Waals surface area contributed by atoms with Gasteiger partial charge in [0, 0.05) is 12.6 Å². The highest BCUT2D eigenvalue weighted by Gasteiger charge is 2.19. The molecule has 0 heterocycles. The summed E-state index contributed by atoms with van der Waals surface area (Å²) >= 11 is 0. The number of anilines is 1. The van der Waals surface area contributed by atoms with Crippen LogP contribution in [0, 0.1) is 0 Å². The topological polar surface area (TPSA) is 109 Å². The van der Waals surface area contributed by atoms with E-state index in [0.717, 1.165) is 25.3 Å². The van der Waals surface area contributed by atoms with E-state index >= 15 is 0 Å². The van der Waals surface area contributed by atoms with Crippen LogP contribution in [0.3, 0.4) is 0 Å². The number of hydrogen-bond acceptors (Lipinski definition) is 5. The number of hydrogen-bond donors (Lipinski definition) is 2. The van der Waals surface area contributed by atoms with Crippen molar-refractivity contribution in [3.8, 4) is 0 Å². The van der Waals surface area contributed by atoms with Gasteiger partial charge >= 0.3 is 0 Å². The molecule has 0 radical (unpaired) electrons. The lowest BCUT2D eigenvalue weighted by Gasteiger charge is -2.22. The van der Waals surface area contributed by atoms with Crippen LogP contribution in [-0.2, 0) is 24.8 Å². The quantitative estimate of drug-likeness (QED) is 0.722. The molecule has 1 aliphatic carbocycles. The lowest BCUT2D eigenvalue weighted by Crippen LogP contribution is -2.28. The van der Waals surface area contributed by atoms with Gasteiger partial charge in [0.25, 0.3) is 20.0 Å². The smallest absolute Gasteiger partial charge is 0.264 e. The minimum Gasteiger partial charge on any atom is -0.280 e. The Labute approximate surface area is 171 Å². The predicted octanol–water partition coefficient (Wildman–Crippen LogP) is 3.36. The molecule has 0 atom stereocenters. The van der Waals surface area contributed by atoms with Crippen LogP contribution < -0.4 is 9.44 Å². The van der Waals surface area contributed by atoms with Gasteiger partial charge in [-0.1, -0.05) is 31.4 Å². The Morgan fingerprint density at radius 2 is 1.31 bits per heavy atom. The summed E-state index contributed by atoms with van der Waals surface area (Å²) in [6.07, 6.45) is 5.95. The van der Waals surface area contributed by atoms with Crippen LogP contribution in [-0.4, -0.2) is 22.7 Å². The molecule has 9 heteroatoms. The summed E-state index contributed by atoms with van der Waals surface area (Å²) in [6.45, 7) is 1.10. The van der Waals surface area contributed by atoms with E-state index in [2.05, 4.69) is 4.72 Å². The number of rotatable bonds is 6. The van der Waals surface area contributed by atoms with E-state index in [-0.39, 0.29) is 15.5 Å². The molecule has 1 amide bonds. The van der Waals surface area contributed by atoms with Crippen molar-refractivity contribution in [2.24, 2.45) is 0 Å². The molecule has 2 aromatic carbocycles. The third-order valence-electron chi connectivity index (χ3n) is 4.96. The van der Waals surface area contributed by atoms with Gasteiger partial charge in [-0.2, -0.15) is 0 Å². The Kier molecular flexibility index (Phi) is 6.28. The van der Waals surface area contributed by atoms with E-state index in [1.165, 1.54) is 43.5 Å². The minimum absolute atomic E-state index is 0.132. The minimum atomic E-state index is -3.96. The molecule has 7 nitrogen and oxygen atoms in total. The summed E-state index contributed by atoms with van der Waals surface area (Å²) < 4.78 is 53.5. The molecule has 0 aromatic heterocycles. The van der Waals surface area contributed by atoms with Crippen LogP contribution in [0.4, 0.5) is 5.69 Å². The summed E-state index contributed by atoms with van der Waals surface area (Å²) in [5.74, 6) is -0.210. The van der Waals surface area contributed by atoms with Gasteiger partial charge in [-0.3, -0.25) is 9.52 Å². The molecule has 0 aliphatic heterocycles. The molecule has 2 N–H and O–H groups in total. The van der Waals surface area contributed by atoms with Crippen molar-refractivity contribution in [2.45, 2.75) is 54.7 Å². The number of amides is 1. The predicted molar refractivity (Wildman–Crippen MR) is 111 cm³/mol. The number of carbonyl (C=O) groups excluding carboxylic acids is 1. The number of benzene rings is 2. The fourth-order valence-electron chi connectivity index (χ4n) is 3.52. The molecular weight excluding hydrogens is 412 g/mol. The first-order valence-electron chi connectivity index (χ1n) is 9.44.